The minimum absolute atomic E-state index is 0.157. The number of hydrogen-bond donors (Lipinski definition) is 1. The minimum Gasteiger partial charge on any atom is -0.301 e. The highest BCUT2D eigenvalue weighted by atomic mass is 32.2. The molecule has 1 N–H and O–H groups in total. The van der Waals surface area contributed by atoms with E-state index in [0.29, 0.717) is 10.9 Å². The molecule has 2 aromatic rings. The lowest BCUT2D eigenvalue weighted by Gasteiger charge is -2.03. The van der Waals surface area contributed by atoms with Crippen molar-refractivity contribution >= 4 is 11.8 Å². The molecule has 0 aliphatic carbocycles. The van der Waals surface area contributed by atoms with Gasteiger partial charge in [-0.1, -0.05) is 25.1 Å². The average Bonchev–Trinajstić information content (AvgIpc) is 2.38. The highest BCUT2D eigenvalue weighted by Gasteiger charge is 2.04. The molecule has 0 saturated carbocycles. The van der Waals surface area contributed by atoms with Gasteiger partial charge in [0, 0.05) is 22.9 Å². The summed E-state index contributed by atoms with van der Waals surface area (Å²) < 4.78 is 0. The van der Waals surface area contributed by atoms with Crippen LogP contribution >= 0.6 is 11.8 Å². The number of aromatic nitrogens is 3. The normalized spacial score (nSPS) is 10.1. The summed E-state index contributed by atoms with van der Waals surface area (Å²) in [6.45, 7) is 2.04. The van der Waals surface area contributed by atoms with Gasteiger partial charge in [0.2, 0.25) is 0 Å². The second kappa shape index (κ2) is 6.16. The van der Waals surface area contributed by atoms with Crippen molar-refractivity contribution in [3.05, 3.63) is 46.1 Å². The van der Waals surface area contributed by atoms with E-state index in [1.165, 1.54) is 17.8 Å². The highest BCUT2D eigenvalue weighted by molar-refractivity contribution is 7.99. The maximum absolute atomic E-state index is 11.5. The van der Waals surface area contributed by atoms with E-state index in [1.54, 1.807) is 18.3 Å². The summed E-state index contributed by atoms with van der Waals surface area (Å²) in [5.41, 5.74) is 0.968. The molecule has 6 heteroatoms. The first kappa shape index (κ1) is 13.3. The zero-order chi connectivity index (χ0) is 13.7. The third-order valence-electron chi connectivity index (χ3n) is 2.34. The molecule has 19 heavy (non-hydrogen) atoms. The molecular weight excluding hydrogens is 260 g/mol. The summed E-state index contributed by atoms with van der Waals surface area (Å²) in [5, 5.41) is 9.32. The van der Waals surface area contributed by atoms with Gasteiger partial charge in [-0.2, -0.15) is 5.26 Å². The van der Waals surface area contributed by atoms with E-state index in [-0.39, 0.29) is 5.56 Å². The van der Waals surface area contributed by atoms with Gasteiger partial charge in [-0.25, -0.2) is 9.97 Å². The number of nitriles is 1. The first-order valence-corrected chi connectivity index (χ1v) is 6.67. The van der Waals surface area contributed by atoms with Crippen LogP contribution < -0.4 is 5.56 Å². The molecule has 0 aliphatic rings. The molecule has 0 radical (unpaired) electrons. The van der Waals surface area contributed by atoms with Crippen LogP contribution in [0.2, 0.25) is 0 Å². The van der Waals surface area contributed by atoms with Crippen molar-refractivity contribution in [3.8, 4) is 6.07 Å². The standard InChI is InChI=1S/C13H12N4OS/c1-2-3-9-7-12(18)17-13(16-9)19-11-4-5-15-10(6-11)8-14/h4-7H,2-3H2,1H3,(H,16,17,18). The Hall–Kier alpha value is -2.13. The van der Waals surface area contributed by atoms with Crippen molar-refractivity contribution < 1.29 is 0 Å². The smallest absolute Gasteiger partial charge is 0.251 e. The Kier molecular flexibility index (Phi) is 4.31. The Balaban J connectivity index is 2.27. The van der Waals surface area contributed by atoms with Gasteiger partial charge in [0.1, 0.15) is 11.8 Å². The molecule has 0 atom stereocenters. The van der Waals surface area contributed by atoms with Crippen LogP contribution in [0.25, 0.3) is 0 Å². The van der Waals surface area contributed by atoms with Crippen molar-refractivity contribution in [2.45, 2.75) is 29.8 Å². The van der Waals surface area contributed by atoms with Crippen LogP contribution in [0.15, 0.2) is 39.2 Å². The van der Waals surface area contributed by atoms with E-state index < -0.39 is 0 Å². The predicted octanol–water partition coefficient (Wildman–Crippen LogP) is 2.14. The van der Waals surface area contributed by atoms with Gasteiger partial charge >= 0.3 is 0 Å². The molecule has 2 aromatic heterocycles. The SMILES string of the molecule is CCCc1cc(=O)[nH]c(Sc2ccnc(C#N)c2)n1. The van der Waals surface area contributed by atoms with Crippen LogP contribution in [-0.4, -0.2) is 15.0 Å². The molecule has 0 fully saturated rings. The van der Waals surface area contributed by atoms with E-state index in [2.05, 4.69) is 15.0 Å². The molecule has 96 valence electrons. The van der Waals surface area contributed by atoms with Crippen LogP contribution in [0.1, 0.15) is 24.7 Å². The number of pyridine rings is 1. The van der Waals surface area contributed by atoms with Crippen LogP contribution in [-0.2, 0) is 6.42 Å². The molecule has 0 aromatic carbocycles. The summed E-state index contributed by atoms with van der Waals surface area (Å²) in [7, 11) is 0. The molecule has 0 saturated heterocycles. The van der Waals surface area contributed by atoms with Crippen LogP contribution in [0.5, 0.6) is 0 Å². The maximum atomic E-state index is 11.5. The molecule has 0 bridgehead atoms. The van der Waals surface area contributed by atoms with Crippen molar-refractivity contribution in [3.63, 3.8) is 0 Å². The Morgan fingerprint density at radius 1 is 1.47 bits per heavy atom. The van der Waals surface area contributed by atoms with E-state index in [4.69, 9.17) is 5.26 Å². The van der Waals surface area contributed by atoms with Gasteiger partial charge in [0.15, 0.2) is 5.16 Å². The Morgan fingerprint density at radius 2 is 2.32 bits per heavy atom. The molecular formula is C13H12N4OS. The van der Waals surface area contributed by atoms with Gasteiger partial charge in [0.05, 0.1) is 0 Å². The summed E-state index contributed by atoms with van der Waals surface area (Å²) >= 11 is 1.31. The van der Waals surface area contributed by atoms with Crippen molar-refractivity contribution in [2.75, 3.05) is 0 Å². The van der Waals surface area contributed by atoms with E-state index in [9.17, 15) is 4.79 Å². The van der Waals surface area contributed by atoms with Crippen LogP contribution in [0, 0.1) is 11.3 Å². The van der Waals surface area contributed by atoms with Gasteiger partial charge in [0.25, 0.3) is 5.56 Å². The summed E-state index contributed by atoms with van der Waals surface area (Å²) in [6, 6.07) is 6.93. The Morgan fingerprint density at radius 3 is 3.05 bits per heavy atom. The molecule has 0 spiro atoms. The number of nitrogens with zero attached hydrogens (tertiary/aromatic N) is 3. The summed E-state index contributed by atoms with van der Waals surface area (Å²) in [6.07, 6.45) is 3.28. The zero-order valence-electron chi connectivity index (χ0n) is 10.4. The van der Waals surface area contributed by atoms with E-state index >= 15 is 0 Å². The molecule has 0 amide bonds. The zero-order valence-corrected chi connectivity index (χ0v) is 11.2. The van der Waals surface area contributed by atoms with Crippen molar-refractivity contribution in [1.82, 2.24) is 15.0 Å². The lowest BCUT2D eigenvalue weighted by atomic mass is 10.2. The number of nitrogens with one attached hydrogen (secondary N) is 1. The average molecular weight is 272 g/mol. The predicted molar refractivity (Wildman–Crippen MR) is 71.9 cm³/mol. The fraction of sp³-hybridized carbons (Fsp3) is 0.231. The van der Waals surface area contributed by atoms with Gasteiger partial charge in [-0.05, 0) is 18.6 Å². The van der Waals surface area contributed by atoms with E-state index in [1.807, 2.05) is 13.0 Å². The van der Waals surface area contributed by atoms with Crippen molar-refractivity contribution in [1.29, 1.82) is 5.26 Å². The van der Waals surface area contributed by atoms with Crippen LogP contribution in [0.3, 0.4) is 0 Å². The quantitative estimate of drug-likeness (QED) is 0.862. The molecule has 2 rings (SSSR count). The van der Waals surface area contributed by atoms with Crippen LogP contribution in [0.4, 0.5) is 0 Å². The second-order valence-corrected chi connectivity index (χ2v) is 4.94. The Bertz CT molecular complexity index is 675. The molecule has 5 nitrogen and oxygen atoms in total. The second-order valence-electron chi connectivity index (χ2n) is 3.88. The first-order chi connectivity index (χ1) is 9.21. The molecule has 0 unspecified atom stereocenters. The first-order valence-electron chi connectivity index (χ1n) is 5.85. The lowest BCUT2D eigenvalue weighted by molar-refractivity contribution is 0.816. The summed E-state index contributed by atoms with van der Waals surface area (Å²) in [5.74, 6) is 0. The third-order valence-corrected chi connectivity index (χ3v) is 3.22. The lowest BCUT2D eigenvalue weighted by Crippen LogP contribution is -2.09. The van der Waals surface area contributed by atoms with Gasteiger partial charge in [-0.15, -0.1) is 0 Å². The fourth-order valence-electron chi connectivity index (χ4n) is 1.56. The number of H-pyrrole nitrogens is 1. The van der Waals surface area contributed by atoms with Crippen molar-refractivity contribution in [2.24, 2.45) is 0 Å². The topological polar surface area (TPSA) is 82.4 Å². The molecule has 2 heterocycles. The highest BCUT2D eigenvalue weighted by Crippen LogP contribution is 2.23. The Labute approximate surface area is 114 Å². The van der Waals surface area contributed by atoms with Gasteiger partial charge in [-0.3, -0.25) is 4.79 Å². The monoisotopic (exact) mass is 272 g/mol. The van der Waals surface area contributed by atoms with E-state index in [0.717, 1.165) is 23.4 Å². The maximum Gasteiger partial charge on any atom is 0.251 e. The minimum atomic E-state index is -0.157. The number of aryl methyl sites for hydroxylation is 1. The number of rotatable bonds is 4. The summed E-state index contributed by atoms with van der Waals surface area (Å²) in [4.78, 5) is 23.3. The largest absolute Gasteiger partial charge is 0.301 e. The third kappa shape index (κ3) is 3.66. The number of aromatic amines is 1. The fourth-order valence-corrected chi connectivity index (χ4v) is 2.40. The molecule has 0 aliphatic heterocycles. The van der Waals surface area contributed by atoms with Gasteiger partial charge < -0.3 is 4.98 Å². The number of hydrogen-bond acceptors (Lipinski definition) is 5.